The van der Waals surface area contributed by atoms with Gasteiger partial charge in [0.05, 0.1) is 23.3 Å². The smallest absolute Gasteiger partial charge is 0.174 e. The van der Waals surface area contributed by atoms with Gasteiger partial charge in [-0.25, -0.2) is 0 Å². The summed E-state index contributed by atoms with van der Waals surface area (Å²) in [4.78, 5) is 10.7. The molecule has 0 unspecified atom stereocenters. The monoisotopic (exact) mass is 335 g/mol. The van der Waals surface area contributed by atoms with E-state index in [2.05, 4.69) is 0 Å². The molecule has 0 bridgehead atoms. The summed E-state index contributed by atoms with van der Waals surface area (Å²) in [6.45, 7) is 2.56. The standard InChI is InChI=1S/C11H13IO4/c1-3-4-16-10-8(12)5-7(11(13)14)6-9(10)15-2/h5-6H,3-4H2,1-2H3,(H,13,14)/p-1. The van der Waals surface area contributed by atoms with Crippen molar-refractivity contribution in [3.63, 3.8) is 0 Å². The van der Waals surface area contributed by atoms with Crippen molar-refractivity contribution in [3.05, 3.63) is 21.3 Å². The molecule has 0 aliphatic heterocycles. The highest BCUT2D eigenvalue weighted by Crippen LogP contribution is 2.33. The normalized spacial score (nSPS) is 9.94. The predicted octanol–water partition coefficient (Wildman–Crippen LogP) is 1.45. The lowest BCUT2D eigenvalue weighted by atomic mass is 10.2. The molecule has 0 radical (unpaired) electrons. The van der Waals surface area contributed by atoms with Crippen LogP contribution in [-0.2, 0) is 0 Å². The molecular weight excluding hydrogens is 323 g/mol. The molecule has 88 valence electrons. The van der Waals surface area contributed by atoms with Crippen molar-refractivity contribution in [1.82, 2.24) is 0 Å². The van der Waals surface area contributed by atoms with Gasteiger partial charge in [0.1, 0.15) is 0 Å². The maximum absolute atomic E-state index is 10.7. The van der Waals surface area contributed by atoms with Crippen LogP contribution in [0.15, 0.2) is 12.1 Å². The summed E-state index contributed by atoms with van der Waals surface area (Å²) in [5, 5.41) is 10.7. The van der Waals surface area contributed by atoms with E-state index in [9.17, 15) is 9.90 Å². The van der Waals surface area contributed by atoms with Crippen LogP contribution in [0.2, 0.25) is 0 Å². The number of hydrogen-bond acceptors (Lipinski definition) is 4. The minimum Gasteiger partial charge on any atom is -0.545 e. The summed E-state index contributed by atoms with van der Waals surface area (Å²) >= 11 is 2.01. The van der Waals surface area contributed by atoms with Crippen LogP contribution in [0.3, 0.4) is 0 Å². The third kappa shape index (κ3) is 3.01. The Hall–Kier alpha value is -0.980. The molecule has 0 spiro atoms. The Morgan fingerprint density at radius 1 is 1.50 bits per heavy atom. The first-order valence-electron chi connectivity index (χ1n) is 4.81. The van der Waals surface area contributed by atoms with Gasteiger partial charge in [-0.05, 0) is 41.1 Å². The highest BCUT2D eigenvalue weighted by Gasteiger charge is 2.11. The minimum atomic E-state index is -1.22. The van der Waals surface area contributed by atoms with Gasteiger partial charge < -0.3 is 19.4 Å². The molecule has 0 atom stereocenters. The van der Waals surface area contributed by atoms with Crippen molar-refractivity contribution in [2.45, 2.75) is 13.3 Å². The van der Waals surface area contributed by atoms with E-state index in [0.29, 0.717) is 21.7 Å². The van der Waals surface area contributed by atoms with E-state index in [4.69, 9.17) is 9.47 Å². The summed E-state index contributed by atoms with van der Waals surface area (Å²) < 4.78 is 11.3. The number of carbonyl (C=O) groups excluding carboxylic acids is 1. The second-order valence-corrected chi connectivity index (χ2v) is 4.29. The Morgan fingerprint density at radius 2 is 2.19 bits per heavy atom. The van der Waals surface area contributed by atoms with Crippen molar-refractivity contribution >= 4 is 28.6 Å². The first-order chi connectivity index (χ1) is 7.60. The van der Waals surface area contributed by atoms with Crippen LogP contribution in [0.4, 0.5) is 0 Å². The summed E-state index contributed by atoms with van der Waals surface area (Å²) in [5.41, 5.74) is 0.0881. The van der Waals surface area contributed by atoms with Gasteiger partial charge in [0.15, 0.2) is 11.5 Å². The van der Waals surface area contributed by atoms with Crippen LogP contribution in [0.1, 0.15) is 23.7 Å². The van der Waals surface area contributed by atoms with E-state index in [1.165, 1.54) is 19.2 Å². The van der Waals surface area contributed by atoms with Crippen molar-refractivity contribution in [2.24, 2.45) is 0 Å². The molecule has 4 nitrogen and oxygen atoms in total. The fraction of sp³-hybridized carbons (Fsp3) is 0.364. The Bertz CT molecular complexity index is 390. The van der Waals surface area contributed by atoms with Gasteiger partial charge >= 0.3 is 0 Å². The van der Waals surface area contributed by atoms with E-state index in [0.717, 1.165) is 6.42 Å². The topological polar surface area (TPSA) is 58.6 Å². The summed E-state index contributed by atoms with van der Waals surface area (Å²) in [7, 11) is 1.48. The number of ether oxygens (including phenoxy) is 2. The Balaban J connectivity index is 3.12. The maximum atomic E-state index is 10.7. The molecule has 0 saturated heterocycles. The second-order valence-electron chi connectivity index (χ2n) is 3.13. The number of carbonyl (C=O) groups is 1. The predicted molar refractivity (Wildman–Crippen MR) is 65.8 cm³/mol. The lowest BCUT2D eigenvalue weighted by Crippen LogP contribution is -2.22. The molecule has 1 rings (SSSR count). The van der Waals surface area contributed by atoms with Crippen LogP contribution in [0, 0.1) is 3.57 Å². The molecule has 0 aromatic heterocycles. The summed E-state index contributed by atoms with van der Waals surface area (Å²) in [6, 6.07) is 2.91. The van der Waals surface area contributed by atoms with Gasteiger partial charge in [0.25, 0.3) is 0 Å². The maximum Gasteiger partial charge on any atom is 0.174 e. The number of hydrogen-bond donors (Lipinski definition) is 0. The van der Waals surface area contributed by atoms with Crippen LogP contribution in [-0.4, -0.2) is 19.7 Å². The minimum absolute atomic E-state index is 0.0881. The zero-order valence-electron chi connectivity index (χ0n) is 9.08. The highest BCUT2D eigenvalue weighted by molar-refractivity contribution is 14.1. The van der Waals surface area contributed by atoms with Crippen LogP contribution < -0.4 is 14.6 Å². The van der Waals surface area contributed by atoms with Gasteiger partial charge in [-0.1, -0.05) is 6.92 Å². The van der Waals surface area contributed by atoms with Crippen molar-refractivity contribution in [3.8, 4) is 11.5 Å². The summed E-state index contributed by atoms with van der Waals surface area (Å²) in [6.07, 6.45) is 0.876. The number of rotatable bonds is 5. The molecule has 0 amide bonds. The Morgan fingerprint density at radius 3 is 2.69 bits per heavy atom. The molecule has 0 heterocycles. The molecule has 5 heteroatoms. The van der Waals surface area contributed by atoms with E-state index in [-0.39, 0.29) is 5.56 Å². The van der Waals surface area contributed by atoms with Crippen LogP contribution in [0.5, 0.6) is 11.5 Å². The number of carboxylic acids is 1. The molecule has 1 aromatic carbocycles. The van der Waals surface area contributed by atoms with E-state index in [1.807, 2.05) is 29.5 Å². The van der Waals surface area contributed by atoms with E-state index in [1.54, 1.807) is 0 Å². The first-order valence-corrected chi connectivity index (χ1v) is 5.89. The molecule has 0 N–H and O–H groups in total. The molecule has 16 heavy (non-hydrogen) atoms. The molecule has 0 saturated carbocycles. The average molecular weight is 335 g/mol. The number of methoxy groups -OCH3 is 1. The molecule has 1 aromatic rings. The third-order valence-corrected chi connectivity index (χ3v) is 2.72. The summed E-state index contributed by atoms with van der Waals surface area (Å²) in [5.74, 6) is -0.229. The number of carboxylic acid groups (broad SMARTS) is 1. The fourth-order valence-corrected chi connectivity index (χ4v) is 1.94. The lowest BCUT2D eigenvalue weighted by Gasteiger charge is -2.14. The zero-order chi connectivity index (χ0) is 12.1. The number of halogens is 1. The molecular formula is C11H12IO4-. The van der Waals surface area contributed by atoms with Gasteiger partial charge in [0, 0.05) is 5.56 Å². The van der Waals surface area contributed by atoms with Crippen molar-refractivity contribution in [2.75, 3.05) is 13.7 Å². The molecule has 0 fully saturated rings. The van der Waals surface area contributed by atoms with Crippen molar-refractivity contribution < 1.29 is 19.4 Å². The Kier molecular flexibility index (Phi) is 4.85. The molecule has 0 aliphatic carbocycles. The van der Waals surface area contributed by atoms with Gasteiger partial charge in [-0.15, -0.1) is 0 Å². The largest absolute Gasteiger partial charge is 0.545 e. The Labute approximate surface area is 108 Å². The third-order valence-electron chi connectivity index (χ3n) is 1.92. The quantitative estimate of drug-likeness (QED) is 0.765. The van der Waals surface area contributed by atoms with Gasteiger partial charge in [-0.2, -0.15) is 0 Å². The van der Waals surface area contributed by atoms with E-state index < -0.39 is 5.97 Å². The number of benzene rings is 1. The fourth-order valence-electron chi connectivity index (χ4n) is 1.18. The second kappa shape index (κ2) is 5.93. The number of aromatic carboxylic acids is 1. The SMILES string of the molecule is CCCOc1c(I)cc(C(=O)[O-])cc1OC. The highest BCUT2D eigenvalue weighted by atomic mass is 127. The van der Waals surface area contributed by atoms with Gasteiger partial charge in [-0.3, -0.25) is 0 Å². The zero-order valence-corrected chi connectivity index (χ0v) is 11.2. The van der Waals surface area contributed by atoms with Crippen molar-refractivity contribution in [1.29, 1.82) is 0 Å². The van der Waals surface area contributed by atoms with Gasteiger partial charge in [0.2, 0.25) is 0 Å². The first kappa shape index (κ1) is 13.1. The van der Waals surface area contributed by atoms with E-state index >= 15 is 0 Å². The van der Waals surface area contributed by atoms with Crippen LogP contribution in [0.25, 0.3) is 0 Å². The lowest BCUT2D eigenvalue weighted by molar-refractivity contribution is -0.255. The van der Waals surface area contributed by atoms with Crippen LogP contribution >= 0.6 is 22.6 Å². The average Bonchev–Trinajstić information content (AvgIpc) is 2.26. The molecule has 0 aliphatic rings.